The van der Waals surface area contributed by atoms with Gasteiger partial charge < -0.3 is 0 Å². The molecule has 0 spiro atoms. The number of pyridine rings is 2. The third-order valence-corrected chi connectivity index (χ3v) is 5.89. The van der Waals surface area contributed by atoms with E-state index in [0.717, 1.165) is 20.1 Å². The van der Waals surface area contributed by atoms with Gasteiger partial charge in [0, 0.05) is 32.5 Å². The monoisotopic (exact) mass is 536 g/mol. The lowest BCUT2D eigenvalue weighted by atomic mass is 10.1. The summed E-state index contributed by atoms with van der Waals surface area (Å²) in [7, 11) is 0. The highest BCUT2D eigenvalue weighted by Gasteiger charge is 2.19. The molecule has 0 aliphatic carbocycles. The number of hydrogen-bond donors (Lipinski definition) is 0. The largest absolute Gasteiger partial charge is 0.242 e. The molecule has 2 nitrogen and oxygen atoms in total. The summed E-state index contributed by atoms with van der Waals surface area (Å²) in [5, 5.41) is 0.750. The molecule has 8 heteroatoms. The van der Waals surface area contributed by atoms with Gasteiger partial charge in [-0.1, -0.05) is 23.2 Å². The normalized spacial score (nSPS) is 10.8. The van der Waals surface area contributed by atoms with Crippen LogP contribution in [0.5, 0.6) is 0 Å². The number of halogens is 6. The molecule has 0 fully saturated rings. The Balaban J connectivity index is 2.85. The molecule has 0 saturated carbocycles. The van der Waals surface area contributed by atoms with Crippen LogP contribution in [0.3, 0.4) is 0 Å². The van der Waals surface area contributed by atoms with Gasteiger partial charge in [0.05, 0.1) is 8.95 Å². The molecule has 0 unspecified atom stereocenters. The van der Waals surface area contributed by atoms with Gasteiger partial charge in [-0.05, 0) is 63.7 Å². The molecule has 0 N–H and O–H groups in total. The first-order valence-electron chi connectivity index (χ1n) is 4.42. The van der Waals surface area contributed by atoms with Crippen LogP contribution in [-0.4, -0.2) is 9.97 Å². The summed E-state index contributed by atoms with van der Waals surface area (Å²) in [6.07, 6.45) is 3.27. The zero-order valence-corrected chi connectivity index (χ0v) is 16.2. The molecule has 2 heterocycles. The Kier molecular flexibility index (Phi) is 5.11. The SMILES string of the molecule is Clc1ncc(Br)c(-c2c(Br)cnc(Cl)c2Br)c1Br. The van der Waals surface area contributed by atoms with Gasteiger partial charge in [0.2, 0.25) is 0 Å². The van der Waals surface area contributed by atoms with E-state index in [1.165, 1.54) is 0 Å². The topological polar surface area (TPSA) is 25.8 Å². The van der Waals surface area contributed by atoms with Crippen molar-refractivity contribution in [2.24, 2.45) is 0 Å². The van der Waals surface area contributed by atoms with Gasteiger partial charge in [-0.15, -0.1) is 0 Å². The second-order valence-corrected chi connectivity index (χ2v) is 7.18. The fourth-order valence-corrected chi connectivity index (χ4v) is 4.19. The Labute approximate surface area is 147 Å². The van der Waals surface area contributed by atoms with Crippen molar-refractivity contribution in [3.63, 3.8) is 0 Å². The molecule has 2 aromatic rings. The minimum Gasteiger partial charge on any atom is -0.242 e. The maximum Gasteiger partial charge on any atom is 0.143 e. The van der Waals surface area contributed by atoms with E-state index < -0.39 is 0 Å². The van der Waals surface area contributed by atoms with Crippen molar-refractivity contribution in [2.45, 2.75) is 0 Å². The molecule has 18 heavy (non-hydrogen) atoms. The van der Waals surface area contributed by atoms with Gasteiger partial charge in [0.25, 0.3) is 0 Å². The standard InChI is InChI=1S/C10H2Br4Cl2N2/c11-3-1-17-9(15)7(13)5(3)6-4(12)2-18-10(16)8(6)14/h1-2H. The van der Waals surface area contributed by atoms with Gasteiger partial charge in [-0.3, -0.25) is 0 Å². The Hall–Kier alpha value is 0.800. The number of hydrogen-bond acceptors (Lipinski definition) is 2. The van der Waals surface area contributed by atoms with Gasteiger partial charge in [0.1, 0.15) is 10.3 Å². The minimum atomic E-state index is 0.375. The molecule has 0 aliphatic rings. The van der Waals surface area contributed by atoms with Crippen LogP contribution in [0.4, 0.5) is 0 Å². The van der Waals surface area contributed by atoms with E-state index in [4.69, 9.17) is 23.2 Å². The van der Waals surface area contributed by atoms with Crippen molar-refractivity contribution in [1.82, 2.24) is 9.97 Å². The number of rotatable bonds is 1. The minimum absolute atomic E-state index is 0.375. The first-order valence-corrected chi connectivity index (χ1v) is 8.35. The van der Waals surface area contributed by atoms with Gasteiger partial charge in [0.15, 0.2) is 0 Å². The van der Waals surface area contributed by atoms with E-state index in [-0.39, 0.29) is 0 Å². The van der Waals surface area contributed by atoms with Crippen molar-refractivity contribution in [2.75, 3.05) is 0 Å². The number of aromatic nitrogens is 2. The van der Waals surface area contributed by atoms with E-state index in [9.17, 15) is 0 Å². The van der Waals surface area contributed by atoms with Crippen LogP contribution < -0.4 is 0 Å². The average molecular weight is 541 g/mol. The van der Waals surface area contributed by atoms with E-state index in [0.29, 0.717) is 19.3 Å². The first kappa shape index (κ1) is 15.2. The molecule has 0 aromatic carbocycles. The molecule has 0 radical (unpaired) electrons. The van der Waals surface area contributed by atoms with Crippen molar-refractivity contribution >= 4 is 86.9 Å². The van der Waals surface area contributed by atoms with E-state index in [2.05, 4.69) is 73.7 Å². The predicted molar refractivity (Wildman–Crippen MR) is 88.3 cm³/mol. The summed E-state index contributed by atoms with van der Waals surface area (Å²) in [6, 6.07) is 0. The van der Waals surface area contributed by atoms with E-state index in [1.54, 1.807) is 12.4 Å². The molecular weight excluding hydrogens is 539 g/mol. The van der Waals surface area contributed by atoms with Crippen LogP contribution in [-0.2, 0) is 0 Å². The van der Waals surface area contributed by atoms with Gasteiger partial charge in [-0.25, -0.2) is 9.97 Å². The van der Waals surface area contributed by atoms with Crippen LogP contribution in [0.15, 0.2) is 30.3 Å². The highest BCUT2D eigenvalue weighted by Crippen LogP contribution is 2.45. The zero-order valence-electron chi connectivity index (χ0n) is 8.32. The Bertz CT molecular complexity index is 578. The van der Waals surface area contributed by atoms with Crippen LogP contribution in [0, 0.1) is 0 Å². The van der Waals surface area contributed by atoms with E-state index >= 15 is 0 Å². The van der Waals surface area contributed by atoms with Crippen molar-refractivity contribution in [1.29, 1.82) is 0 Å². The van der Waals surface area contributed by atoms with Crippen molar-refractivity contribution in [3.05, 3.63) is 40.6 Å². The lowest BCUT2D eigenvalue weighted by Crippen LogP contribution is -1.91. The molecule has 0 amide bonds. The highest BCUT2D eigenvalue weighted by molar-refractivity contribution is 9.11. The summed E-state index contributed by atoms with van der Waals surface area (Å²) in [4.78, 5) is 8.08. The summed E-state index contributed by atoms with van der Waals surface area (Å²) in [5.41, 5.74) is 1.69. The first-order chi connectivity index (χ1) is 8.43. The third kappa shape index (κ3) is 2.79. The van der Waals surface area contributed by atoms with Gasteiger partial charge in [-0.2, -0.15) is 0 Å². The highest BCUT2D eigenvalue weighted by atomic mass is 79.9. The molecule has 2 rings (SSSR count). The summed E-state index contributed by atoms with van der Waals surface area (Å²) < 4.78 is 2.95. The van der Waals surface area contributed by atoms with Crippen LogP contribution in [0.25, 0.3) is 11.1 Å². The van der Waals surface area contributed by atoms with Crippen molar-refractivity contribution < 1.29 is 0 Å². The fourth-order valence-electron chi connectivity index (χ4n) is 1.34. The fraction of sp³-hybridized carbons (Fsp3) is 0. The molecule has 0 saturated heterocycles. The Morgan fingerprint density at radius 3 is 1.39 bits per heavy atom. The summed E-state index contributed by atoms with van der Waals surface area (Å²) in [6.45, 7) is 0. The van der Waals surface area contributed by atoms with Crippen LogP contribution >= 0.6 is 86.9 Å². The maximum absolute atomic E-state index is 6.02. The maximum atomic E-state index is 6.02. The van der Waals surface area contributed by atoms with E-state index in [1.807, 2.05) is 0 Å². The lowest BCUT2D eigenvalue weighted by molar-refractivity contribution is 1.26. The van der Waals surface area contributed by atoms with Crippen LogP contribution in [0.2, 0.25) is 10.3 Å². The van der Waals surface area contributed by atoms with Gasteiger partial charge >= 0.3 is 0 Å². The third-order valence-electron chi connectivity index (χ3n) is 2.11. The molecule has 0 aliphatic heterocycles. The van der Waals surface area contributed by atoms with Crippen molar-refractivity contribution in [3.8, 4) is 11.1 Å². The molecule has 0 bridgehead atoms. The predicted octanol–water partition coefficient (Wildman–Crippen LogP) is 6.50. The quantitative estimate of drug-likeness (QED) is 0.386. The average Bonchev–Trinajstić information content (AvgIpc) is 2.33. The number of nitrogens with zero attached hydrogens (tertiary/aromatic N) is 2. The summed E-state index contributed by atoms with van der Waals surface area (Å²) in [5.74, 6) is 0. The molecule has 94 valence electrons. The van der Waals surface area contributed by atoms with Crippen LogP contribution in [0.1, 0.15) is 0 Å². The molecular formula is C10H2Br4Cl2N2. The lowest BCUT2D eigenvalue weighted by Gasteiger charge is -2.12. The Morgan fingerprint density at radius 2 is 1.06 bits per heavy atom. The second-order valence-electron chi connectivity index (χ2n) is 3.17. The molecule has 0 atom stereocenters. The smallest absolute Gasteiger partial charge is 0.143 e. The summed E-state index contributed by atoms with van der Waals surface area (Å²) >= 11 is 25.8. The second kappa shape index (κ2) is 6.06. The molecule has 2 aromatic heterocycles. The Morgan fingerprint density at radius 1 is 0.722 bits per heavy atom. The zero-order chi connectivity index (χ0) is 13.4.